The maximum absolute atomic E-state index is 13.3. The number of rotatable bonds is 3. The smallest absolute Gasteiger partial charge is 0.202 e. The van der Waals surface area contributed by atoms with Gasteiger partial charge in [0.15, 0.2) is 0 Å². The van der Waals surface area contributed by atoms with E-state index in [1.807, 2.05) is 30.3 Å². The molecule has 0 atom stereocenters. The van der Waals surface area contributed by atoms with Crippen molar-refractivity contribution in [1.29, 1.82) is 0 Å². The molecule has 5 aromatic rings. The number of hydrogen-bond acceptors (Lipinski definition) is 4. The minimum absolute atomic E-state index is 0.0254. The second kappa shape index (κ2) is 7.61. The molecule has 0 unspecified atom stereocenters. The average Bonchev–Trinajstić information content (AvgIpc) is 3.19. The Balaban J connectivity index is 1.77. The van der Waals surface area contributed by atoms with Gasteiger partial charge in [0.1, 0.15) is 17.6 Å². The fourth-order valence-electron chi connectivity index (χ4n) is 3.46. The van der Waals surface area contributed by atoms with E-state index in [9.17, 15) is 9.90 Å². The van der Waals surface area contributed by atoms with E-state index in [4.69, 9.17) is 32.7 Å². The fraction of sp³-hybridized carbons (Fsp3) is 0. The zero-order valence-electron chi connectivity index (χ0n) is 15.9. The molecule has 0 aliphatic heterocycles. The van der Waals surface area contributed by atoms with Crippen molar-refractivity contribution < 1.29 is 9.52 Å². The highest BCUT2D eigenvalue weighted by Gasteiger charge is 2.19. The molecule has 0 saturated carbocycles. The topological polar surface area (TPSA) is 68.3 Å². The minimum Gasteiger partial charge on any atom is -0.508 e. The molecule has 5 rings (SSSR count). The van der Waals surface area contributed by atoms with Gasteiger partial charge in [0.2, 0.25) is 5.43 Å². The number of phenolic OH excluding ortho intramolecular Hbond substituents is 1. The van der Waals surface area contributed by atoms with E-state index in [2.05, 4.69) is 0 Å². The van der Waals surface area contributed by atoms with Crippen LogP contribution in [0.1, 0.15) is 0 Å². The third-order valence-corrected chi connectivity index (χ3v) is 5.50. The number of fused-ring (bicyclic) bond motifs is 1. The van der Waals surface area contributed by atoms with Crippen molar-refractivity contribution in [3.63, 3.8) is 0 Å². The van der Waals surface area contributed by atoms with E-state index in [1.165, 1.54) is 18.4 Å². The maximum atomic E-state index is 13.3. The fourth-order valence-corrected chi connectivity index (χ4v) is 3.97. The Morgan fingerprint density at radius 2 is 1.71 bits per heavy atom. The number of nitrogens with zero attached hydrogens (tertiary/aromatic N) is 2. The molecule has 2 aromatic heterocycles. The second-order valence-corrected chi connectivity index (χ2v) is 7.79. The van der Waals surface area contributed by atoms with E-state index in [0.717, 1.165) is 5.69 Å². The molecule has 5 nitrogen and oxygen atoms in total. The summed E-state index contributed by atoms with van der Waals surface area (Å²) in [6.45, 7) is 0. The van der Waals surface area contributed by atoms with Crippen LogP contribution in [0, 0.1) is 0 Å². The lowest BCUT2D eigenvalue weighted by Gasteiger charge is -2.07. The van der Waals surface area contributed by atoms with Gasteiger partial charge in [-0.05, 0) is 48.5 Å². The van der Waals surface area contributed by atoms with Gasteiger partial charge < -0.3 is 9.52 Å². The minimum atomic E-state index is -0.230. The lowest BCUT2D eigenvalue weighted by Crippen LogP contribution is -2.08. The summed E-state index contributed by atoms with van der Waals surface area (Å²) in [5, 5.41) is 15.7. The largest absolute Gasteiger partial charge is 0.508 e. The summed E-state index contributed by atoms with van der Waals surface area (Å²) < 4.78 is 7.34. The predicted molar refractivity (Wildman–Crippen MR) is 122 cm³/mol. The molecule has 0 aliphatic carbocycles. The molecule has 0 saturated heterocycles. The number of aromatic hydroxyl groups is 1. The number of para-hydroxylation sites is 1. The molecule has 31 heavy (non-hydrogen) atoms. The summed E-state index contributed by atoms with van der Waals surface area (Å²) in [5.74, 6) is 0.0254. The maximum Gasteiger partial charge on any atom is 0.202 e. The molecule has 3 aromatic carbocycles. The van der Waals surface area contributed by atoms with Crippen LogP contribution in [0.3, 0.4) is 0 Å². The Kier molecular flexibility index (Phi) is 4.77. The summed E-state index contributed by atoms with van der Waals surface area (Å²) >= 11 is 12.4. The number of aromatic nitrogens is 2. The number of benzene rings is 3. The Morgan fingerprint density at radius 1 is 0.903 bits per heavy atom. The van der Waals surface area contributed by atoms with Gasteiger partial charge in [-0.15, -0.1) is 0 Å². The molecule has 1 N–H and O–H groups in total. The van der Waals surface area contributed by atoms with Crippen molar-refractivity contribution in [1.82, 2.24) is 9.78 Å². The first kappa shape index (κ1) is 19.4. The lowest BCUT2D eigenvalue weighted by atomic mass is 10.1. The SMILES string of the molecule is O=c1c(-c2cc(-c3ccc(Cl)cc3Cl)nn2-c2ccccc2)coc2cc(O)ccc12. The number of halogens is 2. The molecule has 7 heteroatoms. The quantitative estimate of drug-likeness (QED) is 0.350. The Labute approximate surface area is 186 Å². The average molecular weight is 449 g/mol. The van der Waals surface area contributed by atoms with Crippen molar-refractivity contribution in [2.45, 2.75) is 0 Å². The molecular formula is C24H14Cl2N2O3. The van der Waals surface area contributed by atoms with Crippen molar-refractivity contribution in [2.75, 3.05) is 0 Å². The normalized spacial score (nSPS) is 11.2. The standard InChI is InChI=1S/C24H14Cl2N2O3/c25-14-6-8-17(20(26)10-14)21-12-22(28(27-21)15-4-2-1-3-5-15)19-13-31-23-11-16(29)7-9-18(23)24(19)30/h1-13,29H. The molecule has 0 spiro atoms. The Bertz CT molecular complexity index is 1490. The lowest BCUT2D eigenvalue weighted by molar-refractivity contribution is 0.474. The van der Waals surface area contributed by atoms with Gasteiger partial charge in [0.25, 0.3) is 0 Å². The van der Waals surface area contributed by atoms with Gasteiger partial charge in [-0.2, -0.15) is 5.10 Å². The van der Waals surface area contributed by atoms with E-state index in [-0.39, 0.29) is 11.2 Å². The van der Waals surface area contributed by atoms with Crippen molar-refractivity contribution >= 4 is 34.2 Å². The molecule has 0 fully saturated rings. The summed E-state index contributed by atoms with van der Waals surface area (Å²) in [6, 6.07) is 20.8. The first-order valence-corrected chi connectivity index (χ1v) is 10.1. The van der Waals surface area contributed by atoms with E-state index in [1.54, 1.807) is 35.0 Å². The highest BCUT2D eigenvalue weighted by atomic mass is 35.5. The zero-order chi connectivity index (χ0) is 21.5. The van der Waals surface area contributed by atoms with Crippen LogP contribution >= 0.6 is 23.2 Å². The molecule has 0 radical (unpaired) electrons. The van der Waals surface area contributed by atoms with Crippen molar-refractivity contribution in [3.05, 3.63) is 99.3 Å². The molecule has 152 valence electrons. The van der Waals surface area contributed by atoms with Crippen LogP contribution in [0.5, 0.6) is 5.75 Å². The van der Waals surface area contributed by atoms with E-state index < -0.39 is 0 Å². The number of phenols is 1. The first-order valence-electron chi connectivity index (χ1n) is 9.37. The summed E-state index contributed by atoms with van der Waals surface area (Å²) in [4.78, 5) is 13.3. The zero-order valence-corrected chi connectivity index (χ0v) is 17.4. The van der Waals surface area contributed by atoms with Gasteiger partial charge in [0, 0.05) is 16.7 Å². The van der Waals surface area contributed by atoms with Crippen LogP contribution < -0.4 is 5.43 Å². The van der Waals surface area contributed by atoms with E-state index in [0.29, 0.717) is 43.5 Å². The van der Waals surface area contributed by atoms with Crippen LogP contribution in [-0.2, 0) is 0 Å². The molecule has 0 amide bonds. The van der Waals surface area contributed by atoms with E-state index >= 15 is 0 Å². The monoisotopic (exact) mass is 448 g/mol. The van der Waals surface area contributed by atoms with Crippen LogP contribution in [0.25, 0.3) is 39.2 Å². The van der Waals surface area contributed by atoms with Crippen LogP contribution in [0.2, 0.25) is 10.0 Å². The Hall–Kier alpha value is -3.54. The molecule has 0 bridgehead atoms. The predicted octanol–water partition coefficient (Wildman–Crippen LogP) is 6.33. The highest BCUT2D eigenvalue weighted by Crippen LogP contribution is 2.33. The highest BCUT2D eigenvalue weighted by molar-refractivity contribution is 6.36. The van der Waals surface area contributed by atoms with Crippen LogP contribution in [0.4, 0.5) is 0 Å². The Morgan fingerprint density at radius 3 is 2.48 bits per heavy atom. The van der Waals surface area contributed by atoms with Crippen LogP contribution in [-0.4, -0.2) is 14.9 Å². The molecule has 2 heterocycles. The summed E-state index contributed by atoms with van der Waals surface area (Å²) in [6.07, 6.45) is 1.38. The van der Waals surface area contributed by atoms with Gasteiger partial charge >= 0.3 is 0 Å². The third kappa shape index (κ3) is 3.48. The third-order valence-electron chi connectivity index (χ3n) is 4.95. The van der Waals surface area contributed by atoms with Crippen LogP contribution in [0.15, 0.2) is 88.3 Å². The molecule has 0 aliphatic rings. The van der Waals surface area contributed by atoms with Gasteiger partial charge in [-0.3, -0.25) is 4.79 Å². The summed E-state index contributed by atoms with van der Waals surface area (Å²) in [5.41, 5.74) is 3.02. The number of hydrogen-bond donors (Lipinski definition) is 1. The van der Waals surface area contributed by atoms with Gasteiger partial charge in [0.05, 0.1) is 33.0 Å². The van der Waals surface area contributed by atoms with Crippen molar-refractivity contribution in [2.24, 2.45) is 0 Å². The van der Waals surface area contributed by atoms with Gasteiger partial charge in [-0.25, -0.2) is 4.68 Å². The summed E-state index contributed by atoms with van der Waals surface area (Å²) in [7, 11) is 0. The van der Waals surface area contributed by atoms with Crippen molar-refractivity contribution in [3.8, 4) is 34.0 Å². The second-order valence-electron chi connectivity index (χ2n) is 6.95. The van der Waals surface area contributed by atoms with Gasteiger partial charge in [-0.1, -0.05) is 41.4 Å². The first-order chi connectivity index (χ1) is 15.0. The molecular weight excluding hydrogens is 435 g/mol.